The van der Waals surface area contributed by atoms with E-state index in [9.17, 15) is 0 Å². The van der Waals surface area contributed by atoms with Crippen molar-refractivity contribution in [1.82, 2.24) is 10.2 Å². The monoisotopic (exact) mass is 236 g/mol. The van der Waals surface area contributed by atoms with E-state index >= 15 is 0 Å². The van der Waals surface area contributed by atoms with Crippen LogP contribution in [0.3, 0.4) is 0 Å². The Morgan fingerprint density at radius 3 is 2.53 bits per heavy atom. The second kappa shape index (κ2) is 4.98. The number of aromatic nitrogens is 2. The molecule has 1 aromatic rings. The first-order valence-corrected chi connectivity index (χ1v) is 6.04. The number of ether oxygens (including phenoxy) is 1. The zero-order chi connectivity index (χ0) is 12.4. The van der Waals surface area contributed by atoms with E-state index < -0.39 is 0 Å². The molecule has 0 aromatic carbocycles. The van der Waals surface area contributed by atoms with Crippen LogP contribution >= 0.6 is 0 Å². The van der Waals surface area contributed by atoms with Gasteiger partial charge in [0.15, 0.2) is 5.82 Å². The Balaban J connectivity index is 2.21. The van der Waals surface area contributed by atoms with Crippen LogP contribution in [0, 0.1) is 6.92 Å². The number of nitrogens with two attached hydrogens (primary N) is 1. The van der Waals surface area contributed by atoms with Gasteiger partial charge >= 0.3 is 0 Å². The highest BCUT2D eigenvalue weighted by atomic mass is 16.5. The van der Waals surface area contributed by atoms with E-state index in [4.69, 9.17) is 10.5 Å². The van der Waals surface area contributed by atoms with Gasteiger partial charge in [-0.1, -0.05) is 0 Å². The van der Waals surface area contributed by atoms with Crippen LogP contribution in [-0.2, 0) is 11.3 Å². The van der Waals surface area contributed by atoms with Crippen LogP contribution in [0.5, 0.6) is 0 Å². The maximum Gasteiger partial charge on any atom is 0.154 e. The Morgan fingerprint density at radius 1 is 1.35 bits per heavy atom. The van der Waals surface area contributed by atoms with Gasteiger partial charge in [0, 0.05) is 19.6 Å². The van der Waals surface area contributed by atoms with E-state index in [1.54, 1.807) is 0 Å². The van der Waals surface area contributed by atoms with Crippen LogP contribution < -0.4 is 10.6 Å². The summed E-state index contributed by atoms with van der Waals surface area (Å²) in [5.41, 5.74) is 7.52. The minimum absolute atomic E-state index is 0.231. The zero-order valence-electron chi connectivity index (χ0n) is 10.7. The van der Waals surface area contributed by atoms with Crippen LogP contribution in [0.2, 0.25) is 0 Å². The van der Waals surface area contributed by atoms with Crippen LogP contribution in [-0.4, -0.2) is 35.5 Å². The number of morpholine rings is 1. The van der Waals surface area contributed by atoms with Crippen molar-refractivity contribution in [3.8, 4) is 0 Å². The van der Waals surface area contributed by atoms with Gasteiger partial charge in [-0.2, -0.15) is 5.10 Å². The molecule has 1 aliphatic heterocycles. The summed E-state index contributed by atoms with van der Waals surface area (Å²) in [6, 6.07) is 2.01. The molecule has 0 saturated carbocycles. The fourth-order valence-corrected chi connectivity index (χ4v) is 2.30. The Labute approximate surface area is 102 Å². The van der Waals surface area contributed by atoms with Gasteiger partial charge in [-0.25, -0.2) is 0 Å². The topological polar surface area (TPSA) is 64.3 Å². The summed E-state index contributed by atoms with van der Waals surface area (Å²) in [5, 5.41) is 8.41. The molecular formula is C12H20N4O. The highest BCUT2D eigenvalue weighted by molar-refractivity contribution is 5.46. The lowest BCUT2D eigenvalue weighted by atomic mass is 10.2. The number of hydrogen-bond donors (Lipinski definition) is 1. The van der Waals surface area contributed by atoms with Crippen molar-refractivity contribution in [2.75, 3.05) is 18.0 Å². The van der Waals surface area contributed by atoms with Crippen LogP contribution in [0.15, 0.2) is 6.07 Å². The number of nitrogens with zero attached hydrogens (tertiary/aromatic N) is 3. The third kappa shape index (κ3) is 2.73. The predicted molar refractivity (Wildman–Crippen MR) is 66.9 cm³/mol. The number of anilines is 1. The lowest BCUT2D eigenvalue weighted by Crippen LogP contribution is -2.46. The number of rotatable bonds is 2. The molecule has 17 heavy (non-hydrogen) atoms. The Hall–Kier alpha value is -1.20. The van der Waals surface area contributed by atoms with Gasteiger partial charge in [0.2, 0.25) is 0 Å². The van der Waals surface area contributed by atoms with Gasteiger partial charge in [-0.3, -0.25) is 0 Å². The molecule has 0 bridgehead atoms. The minimum Gasteiger partial charge on any atom is -0.372 e. The standard InChI is InChI=1S/C12H20N4O/c1-8-4-11(5-13)14-15-12(8)16-6-9(2)17-10(3)7-16/h4,9-10H,5-7,13H2,1-3H3/t9-,10-/m0/s1. The third-order valence-corrected chi connectivity index (χ3v) is 2.94. The molecular weight excluding hydrogens is 216 g/mol. The summed E-state index contributed by atoms with van der Waals surface area (Å²) in [5.74, 6) is 0.948. The van der Waals surface area contributed by atoms with Crippen molar-refractivity contribution < 1.29 is 4.74 Å². The quantitative estimate of drug-likeness (QED) is 0.825. The molecule has 0 radical (unpaired) electrons. The van der Waals surface area contributed by atoms with Gasteiger partial charge in [-0.15, -0.1) is 5.10 Å². The molecule has 0 unspecified atom stereocenters. The van der Waals surface area contributed by atoms with E-state index in [1.165, 1.54) is 0 Å². The zero-order valence-corrected chi connectivity index (χ0v) is 10.7. The molecule has 0 aliphatic carbocycles. The van der Waals surface area contributed by atoms with Crippen molar-refractivity contribution in [3.05, 3.63) is 17.3 Å². The summed E-state index contributed by atoms with van der Waals surface area (Å²) >= 11 is 0. The van der Waals surface area contributed by atoms with E-state index in [2.05, 4.69) is 28.9 Å². The van der Waals surface area contributed by atoms with Crippen LogP contribution in [0.1, 0.15) is 25.1 Å². The van der Waals surface area contributed by atoms with Crippen molar-refractivity contribution in [3.63, 3.8) is 0 Å². The highest BCUT2D eigenvalue weighted by Gasteiger charge is 2.24. The molecule has 2 heterocycles. The Kier molecular flexibility index (Phi) is 3.59. The number of aryl methyl sites for hydroxylation is 1. The van der Waals surface area contributed by atoms with E-state index in [-0.39, 0.29) is 12.2 Å². The van der Waals surface area contributed by atoms with Gasteiger partial charge in [0.1, 0.15) is 0 Å². The molecule has 5 nitrogen and oxygen atoms in total. The van der Waals surface area contributed by atoms with E-state index in [0.717, 1.165) is 30.2 Å². The largest absolute Gasteiger partial charge is 0.372 e. The number of hydrogen-bond acceptors (Lipinski definition) is 5. The molecule has 1 fully saturated rings. The molecule has 5 heteroatoms. The fraction of sp³-hybridized carbons (Fsp3) is 0.667. The average molecular weight is 236 g/mol. The van der Waals surface area contributed by atoms with Crippen LogP contribution in [0.4, 0.5) is 5.82 Å². The SMILES string of the molecule is Cc1cc(CN)nnc1N1C[C@H](C)O[C@@H](C)C1. The minimum atomic E-state index is 0.231. The normalized spacial score (nSPS) is 25.1. The van der Waals surface area contributed by atoms with Gasteiger partial charge in [0.25, 0.3) is 0 Å². The molecule has 0 amide bonds. The van der Waals surface area contributed by atoms with Gasteiger partial charge < -0.3 is 15.4 Å². The molecule has 2 N–H and O–H groups in total. The maximum absolute atomic E-state index is 5.71. The third-order valence-electron chi connectivity index (χ3n) is 2.94. The molecule has 2 atom stereocenters. The van der Waals surface area contributed by atoms with Gasteiger partial charge in [-0.05, 0) is 32.4 Å². The second-order valence-corrected chi connectivity index (χ2v) is 4.71. The molecule has 0 spiro atoms. The van der Waals surface area contributed by atoms with Crippen molar-refractivity contribution in [1.29, 1.82) is 0 Å². The van der Waals surface area contributed by atoms with Crippen molar-refractivity contribution >= 4 is 5.82 Å². The van der Waals surface area contributed by atoms with Crippen molar-refractivity contribution in [2.45, 2.75) is 39.5 Å². The maximum atomic E-state index is 5.71. The Bertz CT molecular complexity index is 386. The first kappa shape index (κ1) is 12.3. The molecule has 1 aromatic heterocycles. The van der Waals surface area contributed by atoms with Crippen molar-refractivity contribution in [2.24, 2.45) is 5.73 Å². The Morgan fingerprint density at radius 2 is 2.00 bits per heavy atom. The lowest BCUT2D eigenvalue weighted by molar-refractivity contribution is -0.00553. The summed E-state index contributed by atoms with van der Waals surface area (Å²) in [6.07, 6.45) is 0.461. The fourth-order valence-electron chi connectivity index (χ4n) is 2.30. The summed E-state index contributed by atoms with van der Waals surface area (Å²) in [7, 11) is 0. The van der Waals surface area contributed by atoms with Gasteiger partial charge in [0.05, 0.1) is 17.9 Å². The molecule has 2 rings (SSSR count). The predicted octanol–water partition coefficient (Wildman–Crippen LogP) is 0.857. The summed E-state index contributed by atoms with van der Waals surface area (Å²) < 4.78 is 5.71. The lowest BCUT2D eigenvalue weighted by Gasteiger charge is -2.36. The first-order valence-electron chi connectivity index (χ1n) is 6.04. The highest BCUT2D eigenvalue weighted by Crippen LogP contribution is 2.21. The summed E-state index contributed by atoms with van der Waals surface area (Å²) in [6.45, 7) is 8.38. The van der Waals surface area contributed by atoms with E-state index in [0.29, 0.717) is 6.54 Å². The molecule has 1 aliphatic rings. The average Bonchev–Trinajstić information content (AvgIpc) is 2.27. The summed E-state index contributed by atoms with van der Waals surface area (Å²) in [4.78, 5) is 2.24. The van der Waals surface area contributed by atoms with E-state index in [1.807, 2.05) is 13.0 Å². The molecule has 94 valence electrons. The molecule has 1 saturated heterocycles. The first-order chi connectivity index (χ1) is 8.10. The van der Waals surface area contributed by atoms with Crippen LogP contribution in [0.25, 0.3) is 0 Å². The smallest absolute Gasteiger partial charge is 0.154 e. The second-order valence-electron chi connectivity index (χ2n) is 4.71.